The highest BCUT2D eigenvalue weighted by Crippen LogP contribution is 2.26. The molecule has 106 valence electrons. The Hall–Kier alpha value is -2.62. The Balaban J connectivity index is 2.04. The van der Waals surface area contributed by atoms with E-state index in [0.717, 1.165) is 5.56 Å². The summed E-state index contributed by atoms with van der Waals surface area (Å²) in [7, 11) is 0. The van der Waals surface area contributed by atoms with Gasteiger partial charge < -0.3 is 10.2 Å². The third-order valence-electron chi connectivity index (χ3n) is 3.35. The van der Waals surface area contributed by atoms with Gasteiger partial charge in [-0.3, -0.25) is 4.79 Å². The lowest BCUT2D eigenvalue weighted by Gasteiger charge is -2.02. The average molecular weight is 280 g/mol. The molecule has 0 fully saturated rings. The summed E-state index contributed by atoms with van der Waals surface area (Å²) in [6, 6.07) is 12.7. The summed E-state index contributed by atoms with van der Waals surface area (Å²) in [5.74, 6) is 0.596. The molecule has 2 aromatic carbocycles. The van der Waals surface area contributed by atoms with Gasteiger partial charge in [-0.2, -0.15) is 0 Å². The van der Waals surface area contributed by atoms with Crippen molar-refractivity contribution in [1.29, 1.82) is 0 Å². The molecular weight excluding hydrogens is 264 g/mol. The van der Waals surface area contributed by atoms with E-state index >= 15 is 0 Å². The lowest BCUT2D eigenvalue weighted by atomic mass is 10.0. The smallest absolute Gasteiger partial charge is 0.227 e. The summed E-state index contributed by atoms with van der Waals surface area (Å²) in [5.41, 5.74) is 9.24. The van der Waals surface area contributed by atoms with Gasteiger partial charge in [0.25, 0.3) is 0 Å². The zero-order chi connectivity index (χ0) is 15.0. The molecule has 4 heteroatoms. The quantitative estimate of drug-likeness (QED) is 0.583. The third kappa shape index (κ3) is 2.52. The number of nitrogens with zero attached hydrogens (tertiary/aromatic N) is 1. The number of rotatable bonds is 3. The number of anilines is 1. The molecule has 1 heterocycles. The molecule has 0 amide bonds. The van der Waals surface area contributed by atoms with Crippen LogP contribution in [0.3, 0.4) is 0 Å². The largest absolute Gasteiger partial charge is 0.436 e. The van der Waals surface area contributed by atoms with Crippen LogP contribution < -0.4 is 5.73 Å². The van der Waals surface area contributed by atoms with Crippen LogP contribution >= 0.6 is 0 Å². The van der Waals surface area contributed by atoms with Crippen molar-refractivity contribution < 1.29 is 9.21 Å². The molecule has 0 aliphatic heterocycles. The molecule has 0 saturated heterocycles. The zero-order valence-electron chi connectivity index (χ0n) is 12.0. The van der Waals surface area contributed by atoms with Crippen LogP contribution in [0.5, 0.6) is 0 Å². The summed E-state index contributed by atoms with van der Waals surface area (Å²) < 4.78 is 5.73. The molecule has 1 aromatic heterocycles. The van der Waals surface area contributed by atoms with Crippen molar-refractivity contribution in [3.63, 3.8) is 0 Å². The van der Waals surface area contributed by atoms with E-state index in [9.17, 15) is 4.79 Å². The lowest BCUT2D eigenvalue weighted by Crippen LogP contribution is -2.06. The molecule has 4 nitrogen and oxygen atoms in total. The Kier molecular flexibility index (Phi) is 3.22. The second-order valence-corrected chi connectivity index (χ2v) is 5.34. The number of ketones is 1. The molecule has 0 aliphatic rings. The summed E-state index contributed by atoms with van der Waals surface area (Å²) in [6.07, 6.45) is 0. The van der Waals surface area contributed by atoms with Crippen molar-refractivity contribution in [3.05, 3.63) is 48.0 Å². The monoisotopic (exact) mass is 280 g/mol. The maximum atomic E-state index is 12.0. The first kappa shape index (κ1) is 13.4. The second kappa shape index (κ2) is 5.05. The Morgan fingerprint density at radius 3 is 2.52 bits per heavy atom. The van der Waals surface area contributed by atoms with Gasteiger partial charge in [-0.25, -0.2) is 4.98 Å². The maximum absolute atomic E-state index is 12.0. The predicted octanol–water partition coefficient (Wildman–Crippen LogP) is 3.92. The molecule has 0 saturated carbocycles. The fourth-order valence-electron chi connectivity index (χ4n) is 2.16. The van der Waals surface area contributed by atoms with Crippen molar-refractivity contribution in [2.75, 3.05) is 5.73 Å². The van der Waals surface area contributed by atoms with E-state index in [1.165, 1.54) is 0 Å². The predicted molar refractivity (Wildman–Crippen MR) is 83.0 cm³/mol. The number of nitrogen functional groups attached to an aromatic ring is 1. The molecule has 3 rings (SSSR count). The molecular formula is C17H16N2O2. The molecule has 2 N–H and O–H groups in total. The van der Waals surface area contributed by atoms with Crippen LogP contribution in [-0.4, -0.2) is 10.8 Å². The molecule has 0 aliphatic carbocycles. The molecule has 3 aromatic rings. The Morgan fingerprint density at radius 2 is 1.86 bits per heavy atom. The van der Waals surface area contributed by atoms with E-state index in [4.69, 9.17) is 10.2 Å². The number of aromatic nitrogens is 1. The van der Waals surface area contributed by atoms with Crippen molar-refractivity contribution in [2.24, 2.45) is 5.92 Å². The Labute approximate surface area is 122 Å². The number of benzene rings is 2. The standard InChI is InChI=1S/C17H16N2O2/c1-10(2)16(20)12-5-8-15-14(9-12)19-17(21-15)11-3-6-13(18)7-4-11/h3-10H,18H2,1-2H3. The molecule has 0 radical (unpaired) electrons. The first-order valence-electron chi connectivity index (χ1n) is 6.85. The highest BCUT2D eigenvalue weighted by Gasteiger charge is 2.14. The van der Waals surface area contributed by atoms with Gasteiger partial charge in [-0.15, -0.1) is 0 Å². The summed E-state index contributed by atoms with van der Waals surface area (Å²) >= 11 is 0. The lowest BCUT2D eigenvalue weighted by molar-refractivity contribution is 0.0939. The molecule has 0 unspecified atom stereocenters. The van der Waals surface area contributed by atoms with Crippen molar-refractivity contribution in [3.8, 4) is 11.5 Å². The molecule has 0 spiro atoms. The van der Waals surface area contributed by atoms with Gasteiger partial charge >= 0.3 is 0 Å². The minimum Gasteiger partial charge on any atom is -0.436 e. The minimum atomic E-state index is -0.0362. The van der Waals surface area contributed by atoms with Gasteiger partial charge in [0.15, 0.2) is 11.4 Å². The van der Waals surface area contributed by atoms with Crippen molar-refractivity contribution >= 4 is 22.6 Å². The van der Waals surface area contributed by atoms with E-state index in [0.29, 0.717) is 28.2 Å². The van der Waals surface area contributed by atoms with Crippen molar-refractivity contribution in [2.45, 2.75) is 13.8 Å². The molecule has 0 bridgehead atoms. The third-order valence-corrected chi connectivity index (χ3v) is 3.35. The highest BCUT2D eigenvalue weighted by atomic mass is 16.3. The first-order chi connectivity index (χ1) is 10.0. The number of hydrogen-bond donors (Lipinski definition) is 1. The van der Waals surface area contributed by atoms with E-state index < -0.39 is 0 Å². The number of Topliss-reactive ketones (excluding diaryl/α,β-unsaturated/α-hetero) is 1. The number of hydrogen-bond acceptors (Lipinski definition) is 4. The number of carbonyl (C=O) groups is 1. The van der Waals surface area contributed by atoms with Gasteiger partial charge in [0.05, 0.1) is 0 Å². The van der Waals surface area contributed by atoms with Crippen molar-refractivity contribution in [1.82, 2.24) is 4.98 Å². The fraction of sp³-hybridized carbons (Fsp3) is 0.176. The molecule has 21 heavy (non-hydrogen) atoms. The highest BCUT2D eigenvalue weighted by molar-refractivity contribution is 5.99. The Morgan fingerprint density at radius 1 is 1.14 bits per heavy atom. The van der Waals surface area contributed by atoms with Crippen LogP contribution in [0.15, 0.2) is 46.9 Å². The van der Waals surface area contributed by atoms with E-state index in [1.54, 1.807) is 30.3 Å². The van der Waals surface area contributed by atoms with Crippen LogP contribution in [0, 0.1) is 5.92 Å². The van der Waals surface area contributed by atoms with E-state index in [1.807, 2.05) is 26.0 Å². The van der Waals surface area contributed by atoms with Gasteiger partial charge in [-0.05, 0) is 42.5 Å². The SMILES string of the molecule is CC(C)C(=O)c1ccc2oc(-c3ccc(N)cc3)nc2c1. The normalized spacial score (nSPS) is 11.2. The number of carbonyl (C=O) groups excluding carboxylic acids is 1. The average Bonchev–Trinajstić information content (AvgIpc) is 2.89. The number of fused-ring (bicyclic) bond motifs is 1. The van der Waals surface area contributed by atoms with Gasteiger partial charge in [0.2, 0.25) is 5.89 Å². The van der Waals surface area contributed by atoms with E-state index in [-0.39, 0.29) is 11.7 Å². The molecule has 0 atom stereocenters. The van der Waals surface area contributed by atoms with Crippen LogP contribution in [0.25, 0.3) is 22.6 Å². The van der Waals surface area contributed by atoms with E-state index in [2.05, 4.69) is 4.98 Å². The minimum absolute atomic E-state index is 0.0362. The topological polar surface area (TPSA) is 69.1 Å². The summed E-state index contributed by atoms with van der Waals surface area (Å²) in [6.45, 7) is 3.77. The number of nitrogens with two attached hydrogens (primary N) is 1. The second-order valence-electron chi connectivity index (χ2n) is 5.34. The van der Waals surface area contributed by atoms with Gasteiger partial charge in [-0.1, -0.05) is 13.8 Å². The maximum Gasteiger partial charge on any atom is 0.227 e. The van der Waals surface area contributed by atoms with Crippen LogP contribution in [-0.2, 0) is 0 Å². The first-order valence-corrected chi connectivity index (χ1v) is 6.85. The zero-order valence-corrected chi connectivity index (χ0v) is 12.0. The number of oxazole rings is 1. The van der Waals surface area contributed by atoms with Crippen LogP contribution in [0.2, 0.25) is 0 Å². The summed E-state index contributed by atoms with van der Waals surface area (Å²) in [5, 5.41) is 0. The van der Waals surface area contributed by atoms with Gasteiger partial charge in [0.1, 0.15) is 5.52 Å². The fourth-order valence-corrected chi connectivity index (χ4v) is 2.16. The van der Waals surface area contributed by atoms with Crippen LogP contribution in [0.4, 0.5) is 5.69 Å². The van der Waals surface area contributed by atoms with Gasteiger partial charge in [0, 0.05) is 22.7 Å². The van der Waals surface area contributed by atoms with Crippen LogP contribution in [0.1, 0.15) is 24.2 Å². The summed E-state index contributed by atoms with van der Waals surface area (Å²) in [4.78, 5) is 16.5. The Bertz CT molecular complexity index is 801.